The van der Waals surface area contributed by atoms with Gasteiger partial charge in [0.15, 0.2) is 0 Å². The van der Waals surface area contributed by atoms with E-state index in [1.807, 2.05) is 6.07 Å². The van der Waals surface area contributed by atoms with E-state index in [9.17, 15) is 8.42 Å². The van der Waals surface area contributed by atoms with E-state index < -0.39 is 10.0 Å². The van der Waals surface area contributed by atoms with Crippen molar-refractivity contribution in [3.63, 3.8) is 0 Å². The number of sulfonamides is 1. The zero-order chi connectivity index (χ0) is 15.2. The molecular formula is C14H22BrNO3S. The predicted octanol–water partition coefficient (Wildman–Crippen LogP) is 2.83. The van der Waals surface area contributed by atoms with Crippen molar-refractivity contribution in [1.29, 1.82) is 0 Å². The fourth-order valence-electron chi connectivity index (χ4n) is 2.11. The Balaban J connectivity index is 2.81. The minimum atomic E-state index is -3.51. The molecular weight excluding hydrogens is 342 g/mol. The van der Waals surface area contributed by atoms with Crippen molar-refractivity contribution in [1.82, 2.24) is 4.72 Å². The molecule has 0 bridgehead atoms. The van der Waals surface area contributed by atoms with Gasteiger partial charge in [-0.1, -0.05) is 35.3 Å². The molecule has 0 amide bonds. The predicted molar refractivity (Wildman–Crippen MR) is 84.2 cm³/mol. The van der Waals surface area contributed by atoms with E-state index in [-0.39, 0.29) is 12.5 Å². The van der Waals surface area contributed by atoms with Crippen LogP contribution in [0.4, 0.5) is 0 Å². The first-order chi connectivity index (χ1) is 9.40. The van der Waals surface area contributed by atoms with Crippen molar-refractivity contribution in [3.8, 4) is 0 Å². The van der Waals surface area contributed by atoms with Gasteiger partial charge in [-0.3, -0.25) is 0 Å². The first kappa shape index (κ1) is 17.6. The first-order valence-electron chi connectivity index (χ1n) is 6.77. The molecule has 0 spiro atoms. The van der Waals surface area contributed by atoms with Gasteiger partial charge < -0.3 is 5.11 Å². The van der Waals surface area contributed by atoms with Crippen LogP contribution in [-0.2, 0) is 10.0 Å². The SMILES string of the molecule is CCCC(CCO)CNS(=O)(=O)c1cc(Br)ccc1C. The van der Waals surface area contributed by atoms with Crippen molar-refractivity contribution in [2.75, 3.05) is 13.2 Å². The van der Waals surface area contributed by atoms with Crippen LogP contribution in [0.5, 0.6) is 0 Å². The number of hydrogen-bond donors (Lipinski definition) is 2. The molecule has 0 radical (unpaired) electrons. The summed E-state index contributed by atoms with van der Waals surface area (Å²) in [5, 5.41) is 9.01. The van der Waals surface area contributed by atoms with Crippen molar-refractivity contribution < 1.29 is 13.5 Å². The molecule has 1 rings (SSSR count). The number of rotatable bonds is 8. The second-order valence-corrected chi connectivity index (χ2v) is 7.58. The lowest BCUT2D eigenvalue weighted by atomic mass is 10.0. The Labute approximate surface area is 129 Å². The molecule has 0 aliphatic carbocycles. The summed E-state index contributed by atoms with van der Waals surface area (Å²) in [7, 11) is -3.51. The fourth-order valence-corrected chi connectivity index (χ4v) is 4.01. The van der Waals surface area contributed by atoms with Crippen molar-refractivity contribution in [2.24, 2.45) is 5.92 Å². The van der Waals surface area contributed by atoms with Gasteiger partial charge in [0.05, 0.1) is 4.90 Å². The van der Waals surface area contributed by atoms with Gasteiger partial charge in [-0.25, -0.2) is 13.1 Å². The van der Waals surface area contributed by atoms with Crippen LogP contribution in [0.25, 0.3) is 0 Å². The van der Waals surface area contributed by atoms with Crippen LogP contribution >= 0.6 is 15.9 Å². The summed E-state index contributed by atoms with van der Waals surface area (Å²) >= 11 is 3.29. The maximum Gasteiger partial charge on any atom is 0.240 e. The molecule has 2 N–H and O–H groups in total. The zero-order valence-electron chi connectivity index (χ0n) is 11.9. The fraction of sp³-hybridized carbons (Fsp3) is 0.571. The van der Waals surface area contributed by atoms with Gasteiger partial charge in [0.25, 0.3) is 0 Å². The Kier molecular flexibility index (Phi) is 7.15. The third kappa shape index (κ3) is 5.16. The summed E-state index contributed by atoms with van der Waals surface area (Å²) in [6.45, 7) is 4.28. The molecule has 6 heteroatoms. The van der Waals surface area contributed by atoms with Gasteiger partial charge >= 0.3 is 0 Å². The van der Waals surface area contributed by atoms with Gasteiger partial charge in [0, 0.05) is 17.6 Å². The minimum Gasteiger partial charge on any atom is -0.396 e. The normalized spacial score (nSPS) is 13.4. The highest BCUT2D eigenvalue weighted by atomic mass is 79.9. The number of halogens is 1. The maximum absolute atomic E-state index is 12.3. The van der Waals surface area contributed by atoms with E-state index in [4.69, 9.17) is 5.11 Å². The van der Waals surface area contributed by atoms with Gasteiger partial charge in [-0.15, -0.1) is 0 Å². The first-order valence-corrected chi connectivity index (χ1v) is 9.05. The number of nitrogens with one attached hydrogen (secondary N) is 1. The highest BCUT2D eigenvalue weighted by Gasteiger charge is 2.18. The average Bonchev–Trinajstić information content (AvgIpc) is 2.39. The molecule has 0 heterocycles. The third-order valence-corrected chi connectivity index (χ3v) is 5.29. The smallest absolute Gasteiger partial charge is 0.240 e. The van der Waals surface area contributed by atoms with Crippen molar-refractivity contribution >= 4 is 26.0 Å². The lowest BCUT2D eigenvalue weighted by molar-refractivity contribution is 0.251. The third-order valence-electron chi connectivity index (χ3n) is 3.24. The van der Waals surface area contributed by atoms with E-state index in [0.717, 1.165) is 22.9 Å². The molecule has 1 atom stereocenters. The Hall–Kier alpha value is -0.430. The molecule has 0 saturated carbocycles. The Morgan fingerprint density at radius 2 is 2.05 bits per heavy atom. The van der Waals surface area contributed by atoms with E-state index in [1.165, 1.54) is 0 Å². The number of aryl methyl sites for hydroxylation is 1. The van der Waals surface area contributed by atoms with Crippen molar-refractivity contribution in [2.45, 2.75) is 38.0 Å². The summed E-state index contributed by atoms with van der Waals surface area (Å²) in [5.74, 6) is 0.173. The number of aliphatic hydroxyl groups is 1. The second-order valence-electron chi connectivity index (χ2n) is 4.93. The monoisotopic (exact) mass is 363 g/mol. The Bertz CT molecular complexity index is 525. The van der Waals surface area contributed by atoms with E-state index >= 15 is 0 Å². The zero-order valence-corrected chi connectivity index (χ0v) is 14.3. The van der Waals surface area contributed by atoms with Gasteiger partial charge in [0.2, 0.25) is 10.0 Å². The van der Waals surface area contributed by atoms with Gasteiger partial charge in [-0.05, 0) is 43.4 Å². The number of aliphatic hydroxyl groups excluding tert-OH is 1. The minimum absolute atomic E-state index is 0.0856. The van der Waals surface area contributed by atoms with Crippen LogP contribution in [0.3, 0.4) is 0 Å². The summed E-state index contributed by atoms with van der Waals surface area (Å²) in [6.07, 6.45) is 2.50. The molecule has 1 unspecified atom stereocenters. The molecule has 4 nitrogen and oxygen atoms in total. The second kappa shape index (κ2) is 8.12. The van der Waals surface area contributed by atoms with Crippen molar-refractivity contribution in [3.05, 3.63) is 28.2 Å². The summed E-state index contributed by atoms with van der Waals surface area (Å²) < 4.78 is 28.0. The van der Waals surface area contributed by atoms with Crippen LogP contribution in [-0.4, -0.2) is 26.7 Å². The molecule has 0 saturated heterocycles. The number of hydrogen-bond acceptors (Lipinski definition) is 3. The highest BCUT2D eigenvalue weighted by Crippen LogP contribution is 2.21. The van der Waals surface area contributed by atoms with Gasteiger partial charge in [-0.2, -0.15) is 0 Å². The number of benzene rings is 1. The molecule has 0 fully saturated rings. The van der Waals surface area contributed by atoms with Crippen LogP contribution in [0, 0.1) is 12.8 Å². The highest BCUT2D eigenvalue weighted by molar-refractivity contribution is 9.10. The maximum atomic E-state index is 12.3. The van der Waals surface area contributed by atoms with Crippen LogP contribution in [0.2, 0.25) is 0 Å². The van der Waals surface area contributed by atoms with Crippen LogP contribution < -0.4 is 4.72 Å². The van der Waals surface area contributed by atoms with E-state index in [2.05, 4.69) is 27.6 Å². The standard InChI is InChI=1S/C14H22BrNO3S/c1-3-4-12(7-8-17)10-16-20(18,19)14-9-13(15)6-5-11(14)2/h5-6,9,12,16-17H,3-4,7-8,10H2,1-2H3. The molecule has 0 aliphatic rings. The van der Waals surface area contributed by atoms with Gasteiger partial charge in [0.1, 0.15) is 0 Å². The molecule has 0 aliphatic heterocycles. The molecule has 1 aromatic rings. The topological polar surface area (TPSA) is 66.4 Å². The molecule has 114 valence electrons. The van der Waals surface area contributed by atoms with E-state index in [1.54, 1.807) is 19.1 Å². The summed E-state index contributed by atoms with van der Waals surface area (Å²) in [5.41, 5.74) is 0.717. The average molecular weight is 364 g/mol. The lowest BCUT2D eigenvalue weighted by Gasteiger charge is -2.16. The Morgan fingerprint density at radius 3 is 2.65 bits per heavy atom. The summed E-state index contributed by atoms with van der Waals surface area (Å²) in [6, 6.07) is 5.20. The van der Waals surface area contributed by atoms with Crippen LogP contribution in [0.1, 0.15) is 31.7 Å². The summed E-state index contributed by atoms with van der Waals surface area (Å²) in [4.78, 5) is 0.297. The largest absolute Gasteiger partial charge is 0.396 e. The quantitative estimate of drug-likeness (QED) is 0.746. The van der Waals surface area contributed by atoms with E-state index in [0.29, 0.717) is 17.9 Å². The molecule has 0 aromatic heterocycles. The lowest BCUT2D eigenvalue weighted by Crippen LogP contribution is -2.30. The van der Waals surface area contributed by atoms with Crippen LogP contribution in [0.15, 0.2) is 27.6 Å². The Morgan fingerprint density at radius 1 is 1.35 bits per heavy atom. The molecule has 1 aromatic carbocycles. The molecule has 20 heavy (non-hydrogen) atoms.